The number of carbonyl (C=O) groups is 1. The third kappa shape index (κ3) is 5.65. The third-order valence-corrected chi connectivity index (χ3v) is 6.33. The number of hydrogen-bond acceptors (Lipinski definition) is 5. The van der Waals surface area contributed by atoms with Crippen LogP contribution in [0.5, 0.6) is 11.5 Å². The lowest BCUT2D eigenvalue weighted by atomic mass is 9.94. The fourth-order valence-corrected chi connectivity index (χ4v) is 4.36. The van der Waals surface area contributed by atoms with Gasteiger partial charge in [-0.3, -0.25) is 0 Å². The van der Waals surface area contributed by atoms with Gasteiger partial charge in [-0.1, -0.05) is 31.5 Å². The summed E-state index contributed by atoms with van der Waals surface area (Å²) in [5.41, 5.74) is 4.84. The first-order chi connectivity index (χ1) is 16.2. The van der Waals surface area contributed by atoms with Gasteiger partial charge in [0.15, 0.2) is 5.11 Å². The SMILES string of the molecule is CCOC(=O)C1=C(C)NC(=S)NC1c1ccc(OC)c(COc2cc(C)c(Cl)cc2C(C)C)c1. The number of aryl methyl sites for hydroxylation is 1. The van der Waals surface area contributed by atoms with Crippen LogP contribution in [0.15, 0.2) is 41.6 Å². The van der Waals surface area contributed by atoms with Crippen LogP contribution in [-0.2, 0) is 16.1 Å². The minimum absolute atomic E-state index is 0.251. The molecule has 0 aromatic heterocycles. The fraction of sp³-hybridized carbons (Fsp3) is 0.385. The average molecular weight is 503 g/mol. The molecule has 2 aromatic rings. The molecule has 182 valence electrons. The van der Waals surface area contributed by atoms with Crippen molar-refractivity contribution < 1.29 is 19.0 Å². The first-order valence-electron chi connectivity index (χ1n) is 11.2. The van der Waals surface area contributed by atoms with E-state index in [1.165, 1.54) is 0 Å². The molecule has 1 aliphatic heterocycles. The molecule has 0 amide bonds. The van der Waals surface area contributed by atoms with Crippen molar-refractivity contribution in [1.29, 1.82) is 0 Å². The zero-order valence-electron chi connectivity index (χ0n) is 20.4. The largest absolute Gasteiger partial charge is 0.496 e. The van der Waals surface area contributed by atoms with Gasteiger partial charge in [0.2, 0.25) is 0 Å². The van der Waals surface area contributed by atoms with Gasteiger partial charge in [-0.2, -0.15) is 0 Å². The van der Waals surface area contributed by atoms with Crippen molar-refractivity contribution in [2.45, 2.75) is 53.2 Å². The average Bonchev–Trinajstić information content (AvgIpc) is 2.78. The molecular formula is C26H31ClN2O4S. The molecule has 1 aliphatic rings. The highest BCUT2D eigenvalue weighted by molar-refractivity contribution is 7.80. The van der Waals surface area contributed by atoms with Crippen LogP contribution in [0.2, 0.25) is 5.02 Å². The summed E-state index contributed by atoms with van der Waals surface area (Å²) >= 11 is 11.7. The maximum absolute atomic E-state index is 12.7. The Labute approximate surface area is 211 Å². The number of benzene rings is 2. The van der Waals surface area contributed by atoms with Crippen LogP contribution in [0.25, 0.3) is 0 Å². The van der Waals surface area contributed by atoms with Crippen molar-refractivity contribution in [3.63, 3.8) is 0 Å². The first kappa shape index (κ1) is 25.8. The number of halogens is 1. The van der Waals surface area contributed by atoms with Crippen LogP contribution in [0, 0.1) is 6.92 Å². The first-order valence-corrected chi connectivity index (χ1v) is 12.0. The number of methoxy groups -OCH3 is 1. The van der Waals surface area contributed by atoms with Gasteiger partial charge >= 0.3 is 5.97 Å². The number of esters is 1. The molecule has 34 heavy (non-hydrogen) atoms. The quantitative estimate of drug-likeness (QED) is 0.353. The maximum Gasteiger partial charge on any atom is 0.338 e. The van der Waals surface area contributed by atoms with Crippen LogP contribution in [0.4, 0.5) is 0 Å². The van der Waals surface area contributed by atoms with E-state index in [0.29, 0.717) is 22.1 Å². The van der Waals surface area contributed by atoms with E-state index >= 15 is 0 Å². The Balaban J connectivity index is 1.97. The molecule has 0 saturated heterocycles. The Hall–Kier alpha value is -2.77. The number of allylic oxidation sites excluding steroid dienone is 1. The summed E-state index contributed by atoms with van der Waals surface area (Å²) in [7, 11) is 1.62. The summed E-state index contributed by atoms with van der Waals surface area (Å²) in [5.74, 6) is 1.34. The van der Waals surface area contributed by atoms with E-state index in [2.05, 4.69) is 24.5 Å². The Morgan fingerprint density at radius 2 is 1.91 bits per heavy atom. The van der Waals surface area contributed by atoms with Crippen molar-refractivity contribution in [2.24, 2.45) is 0 Å². The maximum atomic E-state index is 12.7. The predicted octanol–water partition coefficient (Wildman–Crippen LogP) is 5.72. The normalized spacial score (nSPS) is 15.6. The molecule has 1 atom stereocenters. The number of rotatable bonds is 8. The fourth-order valence-electron chi connectivity index (χ4n) is 3.92. The lowest BCUT2D eigenvalue weighted by molar-refractivity contribution is -0.139. The highest BCUT2D eigenvalue weighted by Crippen LogP contribution is 2.35. The highest BCUT2D eigenvalue weighted by Gasteiger charge is 2.31. The lowest BCUT2D eigenvalue weighted by Gasteiger charge is -2.30. The van der Waals surface area contributed by atoms with Gasteiger partial charge in [0.05, 0.1) is 25.3 Å². The molecule has 2 aromatic carbocycles. The zero-order valence-corrected chi connectivity index (χ0v) is 21.9. The second-order valence-electron chi connectivity index (χ2n) is 8.44. The summed E-state index contributed by atoms with van der Waals surface area (Å²) < 4.78 is 17.1. The Bertz CT molecular complexity index is 1130. The van der Waals surface area contributed by atoms with Gasteiger partial charge in [-0.25, -0.2) is 4.79 Å². The topological polar surface area (TPSA) is 68.8 Å². The van der Waals surface area contributed by atoms with Gasteiger partial charge in [0.1, 0.15) is 18.1 Å². The molecule has 1 unspecified atom stereocenters. The molecule has 0 saturated carbocycles. The van der Waals surface area contributed by atoms with E-state index in [1.54, 1.807) is 14.0 Å². The van der Waals surface area contributed by atoms with E-state index in [0.717, 1.165) is 33.0 Å². The lowest BCUT2D eigenvalue weighted by Crippen LogP contribution is -2.45. The predicted molar refractivity (Wildman–Crippen MR) is 139 cm³/mol. The van der Waals surface area contributed by atoms with E-state index < -0.39 is 6.04 Å². The van der Waals surface area contributed by atoms with E-state index in [1.807, 2.05) is 44.2 Å². The number of thiocarbonyl (C=S) groups is 1. The van der Waals surface area contributed by atoms with Gasteiger partial charge in [-0.05, 0) is 79.9 Å². The number of hydrogen-bond donors (Lipinski definition) is 2. The molecular weight excluding hydrogens is 472 g/mol. The second kappa shape index (κ2) is 11.1. The van der Waals surface area contributed by atoms with Crippen LogP contribution < -0.4 is 20.1 Å². The second-order valence-corrected chi connectivity index (χ2v) is 9.26. The minimum Gasteiger partial charge on any atom is -0.496 e. The number of ether oxygens (including phenoxy) is 3. The molecule has 0 aliphatic carbocycles. The zero-order chi connectivity index (χ0) is 25.0. The Morgan fingerprint density at radius 1 is 1.18 bits per heavy atom. The van der Waals surface area contributed by atoms with Crippen molar-refractivity contribution in [3.8, 4) is 11.5 Å². The molecule has 0 spiro atoms. The molecule has 6 nitrogen and oxygen atoms in total. The summed E-state index contributed by atoms with van der Waals surface area (Å²) in [5, 5.41) is 7.38. The molecule has 2 N–H and O–H groups in total. The standard InChI is InChI=1S/C26H31ClN2O4S/c1-7-32-25(30)23-16(5)28-26(34)29-24(23)17-8-9-21(31-6)18(11-17)13-33-22-10-15(4)20(27)12-19(22)14(2)3/h8-12,14,24H,7,13H2,1-6H3,(H2,28,29,34). The smallest absolute Gasteiger partial charge is 0.338 e. The van der Waals surface area contributed by atoms with Crippen LogP contribution in [-0.4, -0.2) is 24.8 Å². The van der Waals surface area contributed by atoms with Gasteiger partial charge in [0.25, 0.3) is 0 Å². The van der Waals surface area contributed by atoms with Crippen LogP contribution in [0.3, 0.4) is 0 Å². The summed E-state index contributed by atoms with van der Waals surface area (Å²) in [6, 6.07) is 9.22. The monoisotopic (exact) mass is 502 g/mol. The van der Waals surface area contributed by atoms with Crippen molar-refractivity contribution in [3.05, 3.63) is 68.9 Å². The van der Waals surface area contributed by atoms with Crippen LogP contribution in [0.1, 0.15) is 61.9 Å². The molecule has 3 rings (SSSR count). The molecule has 0 fully saturated rings. The van der Waals surface area contributed by atoms with E-state index in [4.69, 9.17) is 38.0 Å². The van der Waals surface area contributed by atoms with Gasteiger partial charge in [0, 0.05) is 16.3 Å². The third-order valence-electron chi connectivity index (χ3n) is 5.70. The molecule has 1 heterocycles. The summed E-state index contributed by atoms with van der Waals surface area (Å²) in [6.07, 6.45) is 0. The molecule has 0 radical (unpaired) electrons. The molecule has 0 bridgehead atoms. The highest BCUT2D eigenvalue weighted by atomic mass is 35.5. The Morgan fingerprint density at radius 3 is 2.56 bits per heavy atom. The summed E-state index contributed by atoms with van der Waals surface area (Å²) in [4.78, 5) is 12.7. The van der Waals surface area contributed by atoms with Crippen molar-refractivity contribution in [1.82, 2.24) is 10.6 Å². The van der Waals surface area contributed by atoms with Crippen LogP contribution >= 0.6 is 23.8 Å². The van der Waals surface area contributed by atoms with Crippen molar-refractivity contribution >= 4 is 34.9 Å². The van der Waals surface area contributed by atoms with Gasteiger partial charge in [-0.15, -0.1) is 0 Å². The summed E-state index contributed by atoms with van der Waals surface area (Å²) in [6.45, 7) is 10.3. The van der Waals surface area contributed by atoms with Gasteiger partial charge < -0.3 is 24.8 Å². The number of nitrogens with one attached hydrogen (secondary N) is 2. The number of carbonyl (C=O) groups excluding carboxylic acids is 1. The van der Waals surface area contributed by atoms with E-state index in [9.17, 15) is 4.79 Å². The van der Waals surface area contributed by atoms with Crippen molar-refractivity contribution in [2.75, 3.05) is 13.7 Å². The Kier molecular flexibility index (Phi) is 8.44. The molecule has 8 heteroatoms. The van der Waals surface area contributed by atoms with E-state index in [-0.39, 0.29) is 25.1 Å². The minimum atomic E-state index is -0.457.